The van der Waals surface area contributed by atoms with Crippen molar-refractivity contribution in [3.05, 3.63) is 80.8 Å². The minimum Gasteiger partial charge on any atom is -0.320 e. The number of nitro groups is 1. The quantitative estimate of drug-likeness (QED) is 0.486. The first-order valence-electron chi connectivity index (χ1n) is 8.28. The third-order valence-corrected chi connectivity index (χ3v) is 4.70. The Morgan fingerprint density at radius 1 is 1.11 bits per heavy atom. The van der Waals surface area contributed by atoms with Crippen LogP contribution in [0, 0.1) is 17.0 Å². The Morgan fingerprint density at radius 2 is 1.86 bits per heavy atom. The number of thiazole rings is 1. The second-order valence-corrected chi connectivity index (χ2v) is 6.77. The highest BCUT2D eigenvalue weighted by atomic mass is 32.1. The Hall–Kier alpha value is -3.59. The molecule has 8 nitrogen and oxygen atoms in total. The van der Waals surface area contributed by atoms with E-state index in [1.54, 1.807) is 13.0 Å². The van der Waals surface area contributed by atoms with Gasteiger partial charge in [0.1, 0.15) is 5.69 Å². The summed E-state index contributed by atoms with van der Waals surface area (Å²) in [6, 6.07) is 13.7. The molecule has 1 aromatic heterocycles. The van der Waals surface area contributed by atoms with E-state index in [9.17, 15) is 19.7 Å². The first kappa shape index (κ1) is 19.2. The van der Waals surface area contributed by atoms with Gasteiger partial charge in [0.15, 0.2) is 5.13 Å². The molecule has 0 aliphatic rings. The van der Waals surface area contributed by atoms with E-state index < -0.39 is 10.8 Å². The van der Waals surface area contributed by atoms with Gasteiger partial charge in [-0.2, -0.15) is 0 Å². The minimum atomic E-state index is -0.511. The number of nitrogens with one attached hydrogen (secondary N) is 2. The van der Waals surface area contributed by atoms with Gasteiger partial charge in [-0.25, -0.2) is 4.98 Å². The first-order chi connectivity index (χ1) is 13.4. The second-order valence-electron chi connectivity index (χ2n) is 5.91. The van der Waals surface area contributed by atoms with Crippen LogP contribution < -0.4 is 10.6 Å². The van der Waals surface area contributed by atoms with Gasteiger partial charge in [-0.3, -0.25) is 19.7 Å². The van der Waals surface area contributed by atoms with Crippen LogP contribution in [0.1, 0.15) is 21.6 Å². The summed E-state index contributed by atoms with van der Waals surface area (Å²) >= 11 is 1.13. The summed E-state index contributed by atoms with van der Waals surface area (Å²) < 4.78 is 0. The number of nitrogens with zero attached hydrogens (tertiary/aromatic N) is 2. The van der Waals surface area contributed by atoms with E-state index in [0.29, 0.717) is 16.4 Å². The third kappa shape index (κ3) is 4.57. The zero-order valence-electron chi connectivity index (χ0n) is 14.8. The number of anilines is 2. The SMILES string of the molecule is Cc1c(NC(=O)c2csc(NC(=O)Cc3ccccc3)n2)cccc1[N+](=O)[O-]. The van der Waals surface area contributed by atoms with Gasteiger partial charge in [0, 0.05) is 11.4 Å². The number of nitro benzene ring substituents is 1. The van der Waals surface area contributed by atoms with E-state index in [-0.39, 0.29) is 23.7 Å². The predicted molar refractivity (Wildman–Crippen MR) is 107 cm³/mol. The summed E-state index contributed by atoms with van der Waals surface area (Å²) in [6.45, 7) is 1.56. The van der Waals surface area contributed by atoms with Crippen molar-refractivity contribution in [2.24, 2.45) is 0 Å². The Morgan fingerprint density at radius 3 is 2.57 bits per heavy atom. The molecule has 2 amide bonds. The fourth-order valence-corrected chi connectivity index (χ4v) is 3.23. The summed E-state index contributed by atoms with van der Waals surface area (Å²) in [4.78, 5) is 39.1. The van der Waals surface area contributed by atoms with Crippen molar-refractivity contribution in [2.75, 3.05) is 10.6 Å². The fourth-order valence-electron chi connectivity index (χ4n) is 2.52. The molecule has 0 aliphatic carbocycles. The van der Waals surface area contributed by atoms with Crippen LogP contribution in [0.5, 0.6) is 0 Å². The van der Waals surface area contributed by atoms with E-state index in [2.05, 4.69) is 15.6 Å². The van der Waals surface area contributed by atoms with Gasteiger partial charge in [0.2, 0.25) is 5.91 Å². The number of carbonyl (C=O) groups excluding carboxylic acids is 2. The number of carbonyl (C=O) groups is 2. The normalized spacial score (nSPS) is 10.3. The summed E-state index contributed by atoms with van der Waals surface area (Å²) in [5.74, 6) is -0.745. The Bertz CT molecular complexity index is 1030. The van der Waals surface area contributed by atoms with Crippen LogP contribution in [0.3, 0.4) is 0 Å². The molecule has 0 saturated heterocycles. The van der Waals surface area contributed by atoms with Gasteiger partial charge in [-0.1, -0.05) is 36.4 Å². The van der Waals surface area contributed by atoms with Crippen LogP contribution in [0.15, 0.2) is 53.9 Å². The Balaban J connectivity index is 1.65. The molecule has 2 aromatic carbocycles. The van der Waals surface area contributed by atoms with Crippen LogP contribution in [0.25, 0.3) is 0 Å². The molecule has 28 heavy (non-hydrogen) atoms. The highest BCUT2D eigenvalue weighted by Crippen LogP contribution is 2.26. The summed E-state index contributed by atoms with van der Waals surface area (Å²) in [5, 5.41) is 18.1. The van der Waals surface area contributed by atoms with E-state index in [4.69, 9.17) is 0 Å². The predicted octanol–water partition coefficient (Wildman–Crippen LogP) is 3.79. The van der Waals surface area contributed by atoms with Gasteiger partial charge in [0.05, 0.1) is 22.6 Å². The van der Waals surface area contributed by atoms with E-state index in [1.807, 2.05) is 30.3 Å². The standard InChI is InChI=1S/C19H16N4O4S/c1-12-14(8-5-9-16(12)23(26)27)20-18(25)15-11-28-19(21-15)22-17(24)10-13-6-3-2-4-7-13/h2-9,11H,10H2,1H3,(H,20,25)(H,21,22,24). The van der Waals surface area contributed by atoms with Crippen LogP contribution in [-0.4, -0.2) is 21.7 Å². The van der Waals surface area contributed by atoms with Crippen molar-refractivity contribution >= 4 is 39.7 Å². The zero-order valence-corrected chi connectivity index (χ0v) is 15.7. The first-order valence-corrected chi connectivity index (χ1v) is 9.16. The zero-order chi connectivity index (χ0) is 20.1. The molecule has 0 spiro atoms. The van der Waals surface area contributed by atoms with Crippen LogP contribution in [0.4, 0.5) is 16.5 Å². The topological polar surface area (TPSA) is 114 Å². The van der Waals surface area contributed by atoms with E-state index in [0.717, 1.165) is 16.9 Å². The Kier molecular flexibility index (Phi) is 5.75. The number of hydrogen-bond donors (Lipinski definition) is 2. The molecule has 0 aliphatic heterocycles. The van der Waals surface area contributed by atoms with Crippen molar-refractivity contribution in [2.45, 2.75) is 13.3 Å². The molecule has 0 saturated carbocycles. The average molecular weight is 396 g/mol. The number of rotatable bonds is 6. The molecule has 0 unspecified atom stereocenters. The van der Waals surface area contributed by atoms with E-state index >= 15 is 0 Å². The van der Waals surface area contributed by atoms with Crippen molar-refractivity contribution in [1.82, 2.24) is 4.98 Å². The van der Waals surface area contributed by atoms with E-state index in [1.165, 1.54) is 17.5 Å². The summed E-state index contributed by atoms with van der Waals surface area (Å²) in [5.41, 5.74) is 1.60. The summed E-state index contributed by atoms with van der Waals surface area (Å²) in [7, 11) is 0. The monoisotopic (exact) mass is 396 g/mol. The van der Waals surface area contributed by atoms with Crippen molar-refractivity contribution < 1.29 is 14.5 Å². The molecule has 0 atom stereocenters. The molecule has 2 N–H and O–H groups in total. The molecule has 0 radical (unpaired) electrons. The highest BCUT2D eigenvalue weighted by Gasteiger charge is 2.17. The molecule has 142 valence electrons. The minimum absolute atomic E-state index is 0.0788. The fraction of sp³-hybridized carbons (Fsp3) is 0.105. The van der Waals surface area contributed by atoms with Gasteiger partial charge in [-0.05, 0) is 18.6 Å². The number of amides is 2. The highest BCUT2D eigenvalue weighted by molar-refractivity contribution is 7.14. The van der Waals surface area contributed by atoms with Crippen LogP contribution in [0.2, 0.25) is 0 Å². The smallest absolute Gasteiger partial charge is 0.275 e. The number of aromatic nitrogens is 1. The average Bonchev–Trinajstić information content (AvgIpc) is 3.12. The Labute approximate surface area is 164 Å². The molecule has 3 rings (SSSR count). The van der Waals surface area contributed by atoms with Gasteiger partial charge >= 0.3 is 0 Å². The number of benzene rings is 2. The van der Waals surface area contributed by atoms with Crippen LogP contribution in [-0.2, 0) is 11.2 Å². The number of hydrogen-bond acceptors (Lipinski definition) is 6. The van der Waals surface area contributed by atoms with Crippen molar-refractivity contribution in [3.63, 3.8) is 0 Å². The van der Waals surface area contributed by atoms with Gasteiger partial charge < -0.3 is 10.6 Å². The molecule has 9 heteroatoms. The molecular formula is C19H16N4O4S. The molecule has 0 fully saturated rings. The largest absolute Gasteiger partial charge is 0.320 e. The van der Waals surface area contributed by atoms with Gasteiger partial charge in [0.25, 0.3) is 11.6 Å². The lowest BCUT2D eigenvalue weighted by Gasteiger charge is -2.07. The lowest BCUT2D eigenvalue weighted by atomic mass is 10.1. The third-order valence-electron chi connectivity index (χ3n) is 3.94. The molecule has 0 bridgehead atoms. The summed E-state index contributed by atoms with van der Waals surface area (Å²) in [6.07, 6.45) is 0.203. The maximum Gasteiger partial charge on any atom is 0.275 e. The maximum atomic E-state index is 12.4. The second kappa shape index (κ2) is 8.40. The lowest BCUT2D eigenvalue weighted by Crippen LogP contribution is -2.16. The van der Waals surface area contributed by atoms with Crippen molar-refractivity contribution in [1.29, 1.82) is 0 Å². The van der Waals surface area contributed by atoms with Crippen molar-refractivity contribution in [3.8, 4) is 0 Å². The molecular weight excluding hydrogens is 380 g/mol. The maximum absolute atomic E-state index is 12.4. The lowest BCUT2D eigenvalue weighted by molar-refractivity contribution is -0.385. The van der Waals surface area contributed by atoms with Gasteiger partial charge in [-0.15, -0.1) is 11.3 Å². The molecule has 1 heterocycles. The van der Waals surface area contributed by atoms with Crippen LogP contribution >= 0.6 is 11.3 Å². The molecule has 3 aromatic rings.